The van der Waals surface area contributed by atoms with E-state index in [1.54, 1.807) is 0 Å². The number of hydrogen-bond acceptors (Lipinski definition) is 3. The summed E-state index contributed by atoms with van der Waals surface area (Å²) in [6, 6.07) is 26.0. The zero-order valence-electron chi connectivity index (χ0n) is 15.8. The molecule has 4 heteroatoms. The summed E-state index contributed by atoms with van der Waals surface area (Å²) in [6.45, 7) is 3.08. The van der Waals surface area contributed by atoms with E-state index in [4.69, 9.17) is 4.74 Å². The molecule has 0 saturated carbocycles. The van der Waals surface area contributed by atoms with Gasteiger partial charge in [-0.1, -0.05) is 60.7 Å². The Morgan fingerprint density at radius 3 is 2.36 bits per heavy atom. The molecule has 0 aliphatic carbocycles. The maximum absolute atomic E-state index is 13.1. The Kier molecular flexibility index (Phi) is 5.69. The molecule has 1 amide bonds. The second kappa shape index (κ2) is 8.72. The van der Waals surface area contributed by atoms with Crippen LogP contribution in [0, 0.1) is 0 Å². The van der Waals surface area contributed by atoms with Crippen LogP contribution in [0.1, 0.15) is 21.5 Å². The lowest BCUT2D eigenvalue weighted by Gasteiger charge is -2.30. The number of ether oxygens (including phenoxy) is 1. The second-order valence-corrected chi connectivity index (χ2v) is 6.89. The van der Waals surface area contributed by atoms with Crippen molar-refractivity contribution in [3.63, 3.8) is 0 Å². The summed E-state index contributed by atoms with van der Waals surface area (Å²) in [5, 5.41) is 3.13. The van der Waals surface area contributed by atoms with Crippen LogP contribution >= 0.6 is 0 Å². The summed E-state index contributed by atoms with van der Waals surface area (Å²) in [4.78, 5) is 15.4. The molecule has 1 aliphatic heterocycles. The molecular formula is C24H24N2O2. The van der Waals surface area contributed by atoms with Crippen molar-refractivity contribution >= 4 is 17.3 Å². The Labute approximate surface area is 165 Å². The van der Waals surface area contributed by atoms with Gasteiger partial charge in [0, 0.05) is 18.7 Å². The number of carbonyl (C=O) groups is 1. The van der Waals surface area contributed by atoms with E-state index in [1.807, 2.05) is 60.7 Å². The summed E-state index contributed by atoms with van der Waals surface area (Å²) in [5.41, 5.74) is 4.80. The molecule has 1 N–H and O–H groups in total. The number of rotatable bonds is 5. The highest BCUT2D eigenvalue weighted by Crippen LogP contribution is 2.27. The molecular weight excluding hydrogens is 348 g/mol. The summed E-state index contributed by atoms with van der Waals surface area (Å²) < 4.78 is 5.45. The molecule has 4 nitrogen and oxygen atoms in total. The van der Waals surface area contributed by atoms with Gasteiger partial charge in [0.15, 0.2) is 0 Å². The highest BCUT2D eigenvalue weighted by molar-refractivity contribution is 6.07. The zero-order valence-corrected chi connectivity index (χ0v) is 15.8. The van der Waals surface area contributed by atoms with Gasteiger partial charge in [-0.2, -0.15) is 0 Å². The van der Waals surface area contributed by atoms with Crippen LogP contribution in [0.4, 0.5) is 11.4 Å². The molecule has 1 fully saturated rings. The molecule has 0 radical (unpaired) electrons. The summed E-state index contributed by atoms with van der Waals surface area (Å²) in [7, 11) is 0. The topological polar surface area (TPSA) is 41.6 Å². The number of hydrogen-bond donors (Lipinski definition) is 1. The van der Waals surface area contributed by atoms with Crippen LogP contribution in [0.3, 0.4) is 0 Å². The van der Waals surface area contributed by atoms with Crippen molar-refractivity contribution in [2.24, 2.45) is 0 Å². The van der Waals surface area contributed by atoms with Gasteiger partial charge in [-0.3, -0.25) is 4.79 Å². The second-order valence-electron chi connectivity index (χ2n) is 6.89. The minimum atomic E-state index is -0.0766. The molecule has 1 saturated heterocycles. The van der Waals surface area contributed by atoms with Gasteiger partial charge in [0.05, 0.1) is 24.6 Å². The largest absolute Gasteiger partial charge is 0.378 e. The zero-order chi connectivity index (χ0) is 19.2. The summed E-state index contributed by atoms with van der Waals surface area (Å²) in [5.74, 6) is -0.0766. The first-order valence-electron chi connectivity index (χ1n) is 9.66. The van der Waals surface area contributed by atoms with E-state index in [0.717, 1.165) is 36.4 Å². The Morgan fingerprint density at radius 1 is 0.857 bits per heavy atom. The number of amides is 1. The van der Waals surface area contributed by atoms with Gasteiger partial charge >= 0.3 is 0 Å². The highest BCUT2D eigenvalue weighted by Gasteiger charge is 2.17. The number of carbonyl (C=O) groups excluding carboxylic acids is 1. The lowest BCUT2D eigenvalue weighted by molar-refractivity contribution is 0.102. The molecule has 0 unspecified atom stereocenters. The van der Waals surface area contributed by atoms with Crippen LogP contribution in [0.15, 0.2) is 78.9 Å². The quantitative estimate of drug-likeness (QED) is 0.723. The fraction of sp³-hybridized carbons (Fsp3) is 0.208. The van der Waals surface area contributed by atoms with Gasteiger partial charge in [0.1, 0.15) is 0 Å². The monoisotopic (exact) mass is 372 g/mol. The van der Waals surface area contributed by atoms with Crippen molar-refractivity contribution in [2.75, 3.05) is 36.5 Å². The van der Waals surface area contributed by atoms with Crippen LogP contribution < -0.4 is 10.2 Å². The van der Waals surface area contributed by atoms with Gasteiger partial charge in [0.25, 0.3) is 5.91 Å². The first-order valence-corrected chi connectivity index (χ1v) is 9.66. The molecule has 1 aliphatic rings. The maximum atomic E-state index is 13.1. The molecule has 142 valence electrons. The van der Waals surface area contributed by atoms with Gasteiger partial charge in [-0.25, -0.2) is 0 Å². The molecule has 0 spiro atoms. The van der Waals surface area contributed by atoms with Gasteiger partial charge in [-0.05, 0) is 35.7 Å². The summed E-state index contributed by atoms with van der Waals surface area (Å²) in [6.07, 6.45) is 0.732. The predicted octanol–water partition coefficient (Wildman–Crippen LogP) is 4.37. The first-order chi connectivity index (χ1) is 13.8. The molecule has 4 rings (SSSR count). The third-order valence-electron chi connectivity index (χ3n) is 5.00. The van der Waals surface area contributed by atoms with E-state index in [-0.39, 0.29) is 5.91 Å². The fourth-order valence-corrected chi connectivity index (χ4v) is 3.56. The number of nitrogens with one attached hydrogen (secondary N) is 1. The van der Waals surface area contributed by atoms with E-state index < -0.39 is 0 Å². The van der Waals surface area contributed by atoms with E-state index in [2.05, 4.69) is 28.4 Å². The number of morpholine rings is 1. The molecule has 0 atom stereocenters. The lowest BCUT2D eigenvalue weighted by Crippen LogP contribution is -2.36. The van der Waals surface area contributed by atoms with Crippen LogP contribution in [-0.4, -0.2) is 32.2 Å². The molecule has 3 aromatic carbocycles. The smallest absolute Gasteiger partial charge is 0.256 e. The average Bonchev–Trinajstić information content (AvgIpc) is 2.76. The molecule has 1 heterocycles. The van der Waals surface area contributed by atoms with Crippen LogP contribution in [0.5, 0.6) is 0 Å². The van der Waals surface area contributed by atoms with Crippen molar-refractivity contribution in [3.05, 3.63) is 95.6 Å². The van der Waals surface area contributed by atoms with Crippen LogP contribution in [0.2, 0.25) is 0 Å². The van der Waals surface area contributed by atoms with Crippen LogP contribution in [0.25, 0.3) is 0 Å². The molecule has 28 heavy (non-hydrogen) atoms. The van der Waals surface area contributed by atoms with Gasteiger partial charge < -0.3 is 15.0 Å². The minimum absolute atomic E-state index is 0.0766. The third-order valence-corrected chi connectivity index (χ3v) is 5.00. The van der Waals surface area contributed by atoms with E-state index in [1.165, 1.54) is 5.56 Å². The number of nitrogens with zero attached hydrogens (tertiary/aromatic N) is 1. The molecule has 3 aromatic rings. The van der Waals surface area contributed by atoms with Crippen molar-refractivity contribution < 1.29 is 9.53 Å². The van der Waals surface area contributed by atoms with E-state index >= 15 is 0 Å². The predicted molar refractivity (Wildman–Crippen MR) is 113 cm³/mol. The normalized spacial score (nSPS) is 13.9. The van der Waals surface area contributed by atoms with Crippen molar-refractivity contribution in [2.45, 2.75) is 6.42 Å². The van der Waals surface area contributed by atoms with E-state index in [0.29, 0.717) is 18.8 Å². The minimum Gasteiger partial charge on any atom is -0.378 e. The third kappa shape index (κ3) is 4.24. The first kappa shape index (κ1) is 18.3. The standard InChI is InChI=1S/C24H24N2O2/c27-24(21-11-5-4-10-20(21)18-19-8-2-1-3-9-19)25-22-12-6-7-13-23(22)26-14-16-28-17-15-26/h1-13H,14-18H2,(H,25,27). The van der Waals surface area contributed by atoms with E-state index in [9.17, 15) is 4.79 Å². The summed E-state index contributed by atoms with van der Waals surface area (Å²) >= 11 is 0. The maximum Gasteiger partial charge on any atom is 0.256 e. The Morgan fingerprint density at radius 2 is 1.54 bits per heavy atom. The van der Waals surface area contributed by atoms with Crippen LogP contribution in [-0.2, 0) is 11.2 Å². The molecule has 0 aromatic heterocycles. The number of para-hydroxylation sites is 2. The Bertz CT molecular complexity index is 934. The van der Waals surface area contributed by atoms with Gasteiger partial charge in [0.2, 0.25) is 0 Å². The lowest BCUT2D eigenvalue weighted by atomic mass is 9.99. The van der Waals surface area contributed by atoms with Crippen molar-refractivity contribution in [1.82, 2.24) is 0 Å². The number of anilines is 2. The van der Waals surface area contributed by atoms with Crippen molar-refractivity contribution in [3.8, 4) is 0 Å². The Hall–Kier alpha value is -3.11. The SMILES string of the molecule is O=C(Nc1ccccc1N1CCOCC1)c1ccccc1Cc1ccccc1. The Balaban J connectivity index is 1.57. The fourth-order valence-electron chi connectivity index (χ4n) is 3.56. The average molecular weight is 372 g/mol. The van der Waals surface area contributed by atoms with Crippen molar-refractivity contribution in [1.29, 1.82) is 0 Å². The van der Waals surface area contributed by atoms with Gasteiger partial charge in [-0.15, -0.1) is 0 Å². The molecule has 0 bridgehead atoms. The number of benzene rings is 3. The highest BCUT2D eigenvalue weighted by atomic mass is 16.5.